The summed E-state index contributed by atoms with van der Waals surface area (Å²) in [5.41, 5.74) is 0.680. The van der Waals surface area contributed by atoms with Gasteiger partial charge in [0.05, 0.1) is 0 Å². The average molecular weight is 339 g/mol. The minimum absolute atomic E-state index is 0.0198. The van der Waals surface area contributed by atoms with Crippen LogP contribution in [0.25, 0.3) is 10.8 Å². The molecule has 0 aliphatic rings. The lowest BCUT2D eigenvalue weighted by Gasteiger charge is -2.08. The SMILES string of the molecule is CCOCCCNC(=O)/C(C#N)=C\Nc1cccc2c(O)cccc12. The van der Waals surface area contributed by atoms with Gasteiger partial charge in [0.15, 0.2) is 0 Å². The molecule has 6 nitrogen and oxygen atoms in total. The van der Waals surface area contributed by atoms with E-state index >= 15 is 0 Å². The molecule has 0 spiro atoms. The molecular formula is C19H21N3O3. The number of anilines is 1. The van der Waals surface area contributed by atoms with Crippen LogP contribution in [0, 0.1) is 11.3 Å². The number of hydrogen-bond acceptors (Lipinski definition) is 5. The fourth-order valence-electron chi connectivity index (χ4n) is 2.33. The Bertz CT molecular complexity index is 809. The number of amides is 1. The van der Waals surface area contributed by atoms with Crippen LogP contribution in [0.2, 0.25) is 0 Å². The lowest BCUT2D eigenvalue weighted by atomic mass is 10.1. The first-order valence-electron chi connectivity index (χ1n) is 8.10. The van der Waals surface area contributed by atoms with Crippen LogP contribution in [0.5, 0.6) is 5.75 Å². The first kappa shape index (κ1) is 18.3. The van der Waals surface area contributed by atoms with Crippen LogP contribution < -0.4 is 10.6 Å². The predicted molar refractivity (Wildman–Crippen MR) is 97.1 cm³/mol. The van der Waals surface area contributed by atoms with Crippen molar-refractivity contribution in [2.24, 2.45) is 0 Å². The fraction of sp³-hybridized carbons (Fsp3) is 0.263. The number of rotatable bonds is 8. The standard InChI is InChI=1S/C19H21N3O3/c1-2-25-11-5-10-21-19(24)14(12-20)13-22-17-8-3-7-16-15(17)6-4-9-18(16)23/h3-4,6-9,13,22-23H,2,5,10-11H2,1H3,(H,21,24)/b14-13-. The Morgan fingerprint density at radius 2 is 2.04 bits per heavy atom. The number of phenolic OH excluding ortho intramolecular Hbond substituents is 1. The van der Waals surface area contributed by atoms with Gasteiger partial charge in [-0.2, -0.15) is 5.26 Å². The molecule has 0 fully saturated rings. The maximum Gasteiger partial charge on any atom is 0.263 e. The van der Waals surface area contributed by atoms with E-state index in [0.717, 1.165) is 5.39 Å². The lowest BCUT2D eigenvalue weighted by Crippen LogP contribution is -2.26. The van der Waals surface area contributed by atoms with Crippen LogP contribution in [0.1, 0.15) is 13.3 Å². The number of nitrogens with one attached hydrogen (secondary N) is 2. The molecule has 2 rings (SSSR count). The Morgan fingerprint density at radius 3 is 2.80 bits per heavy atom. The van der Waals surface area contributed by atoms with Crippen LogP contribution in [-0.2, 0) is 9.53 Å². The second-order valence-corrected chi connectivity index (χ2v) is 5.30. The summed E-state index contributed by atoms with van der Waals surface area (Å²) in [6.45, 7) is 3.57. The minimum atomic E-state index is -0.436. The van der Waals surface area contributed by atoms with E-state index in [9.17, 15) is 15.2 Å². The highest BCUT2D eigenvalue weighted by atomic mass is 16.5. The number of hydrogen-bond donors (Lipinski definition) is 3. The molecule has 6 heteroatoms. The number of benzene rings is 2. The molecule has 0 aliphatic heterocycles. The van der Waals surface area contributed by atoms with Gasteiger partial charge < -0.3 is 20.5 Å². The van der Waals surface area contributed by atoms with Crippen LogP contribution in [0.3, 0.4) is 0 Å². The molecule has 2 aromatic rings. The Kier molecular flexibility index (Phi) is 6.81. The van der Waals surface area contributed by atoms with Gasteiger partial charge in [-0.15, -0.1) is 0 Å². The van der Waals surface area contributed by atoms with Crippen molar-refractivity contribution in [3.05, 3.63) is 48.2 Å². The van der Waals surface area contributed by atoms with Crippen molar-refractivity contribution in [3.63, 3.8) is 0 Å². The van der Waals surface area contributed by atoms with Crippen LogP contribution >= 0.6 is 0 Å². The molecule has 3 N–H and O–H groups in total. The maximum absolute atomic E-state index is 12.0. The van der Waals surface area contributed by atoms with E-state index in [1.54, 1.807) is 24.3 Å². The van der Waals surface area contributed by atoms with Gasteiger partial charge in [0.2, 0.25) is 0 Å². The summed E-state index contributed by atoms with van der Waals surface area (Å²) >= 11 is 0. The molecule has 0 atom stereocenters. The number of phenols is 1. The summed E-state index contributed by atoms with van der Waals surface area (Å²) in [6.07, 6.45) is 2.06. The largest absolute Gasteiger partial charge is 0.507 e. The number of carbonyl (C=O) groups excluding carboxylic acids is 1. The number of ether oxygens (including phenoxy) is 1. The molecule has 2 aromatic carbocycles. The van der Waals surface area contributed by atoms with E-state index in [-0.39, 0.29) is 11.3 Å². The van der Waals surface area contributed by atoms with Gasteiger partial charge in [0, 0.05) is 42.4 Å². The predicted octanol–water partition coefficient (Wildman–Crippen LogP) is 2.91. The molecule has 0 aliphatic carbocycles. The van der Waals surface area contributed by atoms with Crippen molar-refractivity contribution in [1.29, 1.82) is 5.26 Å². The highest BCUT2D eigenvalue weighted by molar-refractivity contribution is 6.00. The maximum atomic E-state index is 12.0. The normalized spacial score (nSPS) is 11.1. The third kappa shape index (κ3) is 4.96. The van der Waals surface area contributed by atoms with E-state index in [4.69, 9.17) is 4.74 Å². The molecule has 0 radical (unpaired) electrons. The third-order valence-corrected chi connectivity index (χ3v) is 3.59. The molecule has 0 saturated heterocycles. The topological polar surface area (TPSA) is 94.4 Å². The Balaban J connectivity index is 2.05. The Morgan fingerprint density at radius 1 is 1.28 bits per heavy atom. The van der Waals surface area contributed by atoms with Crippen molar-refractivity contribution >= 4 is 22.4 Å². The van der Waals surface area contributed by atoms with Crippen molar-refractivity contribution in [1.82, 2.24) is 5.32 Å². The van der Waals surface area contributed by atoms with Crippen molar-refractivity contribution in [2.45, 2.75) is 13.3 Å². The van der Waals surface area contributed by atoms with Gasteiger partial charge in [0.1, 0.15) is 17.4 Å². The third-order valence-electron chi connectivity index (χ3n) is 3.59. The molecule has 130 valence electrons. The smallest absolute Gasteiger partial charge is 0.263 e. The summed E-state index contributed by atoms with van der Waals surface area (Å²) in [6, 6.07) is 12.5. The molecule has 0 aromatic heterocycles. The zero-order valence-electron chi connectivity index (χ0n) is 14.1. The molecule has 1 amide bonds. The molecule has 0 heterocycles. The van der Waals surface area contributed by atoms with Gasteiger partial charge in [-0.3, -0.25) is 4.79 Å². The quantitative estimate of drug-likeness (QED) is 0.390. The second kappa shape index (κ2) is 9.30. The van der Waals surface area contributed by atoms with E-state index in [0.29, 0.717) is 37.3 Å². The van der Waals surface area contributed by atoms with Crippen molar-refractivity contribution in [3.8, 4) is 11.8 Å². The molecule has 25 heavy (non-hydrogen) atoms. The van der Waals surface area contributed by atoms with E-state index in [1.165, 1.54) is 6.20 Å². The Labute approximate surface area is 146 Å². The van der Waals surface area contributed by atoms with Gasteiger partial charge in [-0.25, -0.2) is 0 Å². The highest BCUT2D eigenvalue weighted by Crippen LogP contribution is 2.29. The Hall–Kier alpha value is -3.04. The fourth-order valence-corrected chi connectivity index (χ4v) is 2.33. The van der Waals surface area contributed by atoms with Gasteiger partial charge in [-0.1, -0.05) is 24.3 Å². The second-order valence-electron chi connectivity index (χ2n) is 5.30. The number of aromatic hydroxyl groups is 1. The van der Waals surface area contributed by atoms with E-state index < -0.39 is 5.91 Å². The first-order valence-corrected chi connectivity index (χ1v) is 8.10. The summed E-state index contributed by atoms with van der Waals surface area (Å²) in [7, 11) is 0. The summed E-state index contributed by atoms with van der Waals surface area (Å²) in [5.74, 6) is -0.257. The highest BCUT2D eigenvalue weighted by Gasteiger charge is 2.09. The average Bonchev–Trinajstić information content (AvgIpc) is 2.62. The molecule has 0 bridgehead atoms. The van der Waals surface area contributed by atoms with Gasteiger partial charge in [-0.05, 0) is 25.5 Å². The van der Waals surface area contributed by atoms with Crippen LogP contribution in [0.15, 0.2) is 48.2 Å². The zero-order valence-corrected chi connectivity index (χ0v) is 14.1. The number of fused-ring (bicyclic) bond motifs is 1. The molecule has 0 unspecified atom stereocenters. The van der Waals surface area contributed by atoms with Gasteiger partial charge >= 0.3 is 0 Å². The lowest BCUT2D eigenvalue weighted by molar-refractivity contribution is -0.117. The number of carbonyl (C=O) groups is 1. The monoisotopic (exact) mass is 339 g/mol. The first-order chi connectivity index (χ1) is 12.2. The van der Waals surface area contributed by atoms with E-state index in [2.05, 4.69) is 10.6 Å². The summed E-state index contributed by atoms with van der Waals surface area (Å²) in [5, 5.41) is 26.2. The zero-order chi connectivity index (χ0) is 18.1. The van der Waals surface area contributed by atoms with E-state index in [1.807, 2.05) is 25.1 Å². The van der Waals surface area contributed by atoms with Crippen molar-refractivity contribution < 1.29 is 14.6 Å². The number of nitriles is 1. The van der Waals surface area contributed by atoms with Gasteiger partial charge in [0.25, 0.3) is 5.91 Å². The van der Waals surface area contributed by atoms with Crippen LogP contribution in [-0.4, -0.2) is 30.8 Å². The summed E-state index contributed by atoms with van der Waals surface area (Å²) in [4.78, 5) is 12.0. The number of nitrogens with zero attached hydrogens (tertiary/aromatic N) is 1. The summed E-state index contributed by atoms with van der Waals surface area (Å²) < 4.78 is 5.19. The van der Waals surface area contributed by atoms with Crippen molar-refractivity contribution in [2.75, 3.05) is 25.1 Å². The molecular weight excluding hydrogens is 318 g/mol. The van der Waals surface area contributed by atoms with Crippen LogP contribution in [0.4, 0.5) is 5.69 Å². The molecule has 0 saturated carbocycles. The minimum Gasteiger partial charge on any atom is -0.507 e.